The Morgan fingerprint density at radius 3 is 2.41 bits per heavy atom. The lowest BCUT2D eigenvalue weighted by Gasteiger charge is -2.40. The average Bonchev–Trinajstić information content (AvgIpc) is 2.86. The van der Waals surface area contributed by atoms with Crippen molar-refractivity contribution in [2.24, 2.45) is 0 Å². The molecule has 1 aromatic carbocycles. The van der Waals surface area contributed by atoms with Gasteiger partial charge in [0, 0.05) is 58.7 Å². The number of likely N-dealkylation sites (tertiary alicyclic amines) is 1. The van der Waals surface area contributed by atoms with Gasteiger partial charge in [-0.25, -0.2) is 4.39 Å². The molecule has 1 N–H and O–H groups in total. The van der Waals surface area contributed by atoms with E-state index in [4.69, 9.17) is 4.74 Å². The Hall–Kier alpha value is -2.19. The zero-order chi connectivity index (χ0) is 21.0. The smallest absolute Gasteiger partial charge is 0.219 e. The first kappa shape index (κ1) is 21.5. The van der Waals surface area contributed by atoms with Crippen molar-refractivity contribution in [1.29, 1.82) is 0 Å². The van der Waals surface area contributed by atoms with Gasteiger partial charge in [0.25, 0.3) is 0 Å². The summed E-state index contributed by atoms with van der Waals surface area (Å²) in [5.41, 5.74) is -1.27. The first-order valence-corrected chi connectivity index (χ1v) is 10.1. The Labute approximate surface area is 171 Å². The minimum absolute atomic E-state index is 0.0387. The van der Waals surface area contributed by atoms with Gasteiger partial charge in [0.15, 0.2) is 0 Å². The number of hydrogen-bond donors (Lipinski definition) is 1. The zero-order valence-corrected chi connectivity index (χ0v) is 17.1. The molecule has 0 radical (unpaired) electrons. The van der Waals surface area contributed by atoms with Crippen LogP contribution in [0.3, 0.4) is 0 Å². The maximum atomic E-state index is 13.4. The highest BCUT2D eigenvalue weighted by molar-refractivity contribution is 5.73. The van der Waals surface area contributed by atoms with Gasteiger partial charge >= 0.3 is 0 Å². The predicted octanol–water partition coefficient (Wildman–Crippen LogP) is 1.11. The van der Waals surface area contributed by atoms with Crippen molar-refractivity contribution in [2.45, 2.75) is 38.3 Å². The lowest BCUT2D eigenvalue weighted by molar-refractivity contribution is -0.132. The van der Waals surface area contributed by atoms with Crippen LogP contribution in [0, 0.1) is 5.82 Å². The summed E-state index contributed by atoms with van der Waals surface area (Å²) in [6, 6.07) is 6.04. The number of ether oxygens (including phenoxy) is 1. The molecule has 7 nitrogen and oxygen atoms in total. The Bertz CT molecular complexity index is 738. The van der Waals surface area contributed by atoms with Gasteiger partial charge in [-0.2, -0.15) is 0 Å². The molecule has 0 aliphatic carbocycles. The lowest BCUT2D eigenvalue weighted by atomic mass is 9.99. The number of piperidine rings is 1. The molecule has 2 aliphatic rings. The summed E-state index contributed by atoms with van der Waals surface area (Å²) in [4.78, 5) is 29.3. The molecule has 8 heteroatoms. The molecule has 2 heterocycles. The van der Waals surface area contributed by atoms with Crippen molar-refractivity contribution in [3.8, 4) is 5.75 Å². The average molecular weight is 407 g/mol. The minimum atomic E-state index is -1.27. The van der Waals surface area contributed by atoms with Crippen molar-refractivity contribution in [3.05, 3.63) is 30.1 Å². The van der Waals surface area contributed by atoms with E-state index in [9.17, 15) is 19.1 Å². The van der Waals surface area contributed by atoms with Crippen LogP contribution in [0.1, 0.15) is 26.7 Å². The summed E-state index contributed by atoms with van der Waals surface area (Å²) < 4.78 is 19.1. The minimum Gasteiger partial charge on any atom is -0.490 e. The standard InChI is InChI=1S/C21H30FN3O4/c1-16(26)23-8-6-19(7-9-23)25-11-10-24(17(2)27)13-21(28,14-25)15-29-20-5-3-4-18(22)12-20/h3-5,12,19,28H,6-11,13-15H2,1-2H3/t21-/m0/s1. The molecule has 0 bridgehead atoms. The van der Waals surface area contributed by atoms with Crippen LogP contribution in [0.4, 0.5) is 4.39 Å². The first-order valence-electron chi connectivity index (χ1n) is 10.1. The van der Waals surface area contributed by atoms with Crippen LogP contribution < -0.4 is 4.74 Å². The number of aliphatic hydroxyl groups is 1. The third kappa shape index (κ3) is 5.67. The van der Waals surface area contributed by atoms with Crippen molar-refractivity contribution < 1.29 is 23.8 Å². The summed E-state index contributed by atoms with van der Waals surface area (Å²) >= 11 is 0. The first-order chi connectivity index (χ1) is 13.8. The van der Waals surface area contributed by atoms with E-state index in [0.717, 1.165) is 12.8 Å². The van der Waals surface area contributed by atoms with Gasteiger partial charge in [-0.05, 0) is 25.0 Å². The fraction of sp³-hybridized carbons (Fsp3) is 0.619. The maximum absolute atomic E-state index is 13.4. The second-order valence-corrected chi connectivity index (χ2v) is 8.12. The van der Waals surface area contributed by atoms with Gasteiger partial charge < -0.3 is 19.6 Å². The molecule has 1 atom stereocenters. The summed E-state index contributed by atoms with van der Waals surface area (Å²) in [6.07, 6.45) is 1.67. The number of hydrogen-bond acceptors (Lipinski definition) is 5. The van der Waals surface area contributed by atoms with Gasteiger partial charge in [-0.15, -0.1) is 0 Å². The van der Waals surface area contributed by atoms with Crippen LogP contribution >= 0.6 is 0 Å². The third-order valence-corrected chi connectivity index (χ3v) is 5.81. The Balaban J connectivity index is 1.69. The zero-order valence-electron chi connectivity index (χ0n) is 17.1. The Morgan fingerprint density at radius 2 is 1.79 bits per heavy atom. The molecule has 2 saturated heterocycles. The number of β-amino-alcohol motifs (C(OH)–C–C–N with tert-alkyl or cyclic N) is 1. The molecule has 0 unspecified atom stereocenters. The van der Waals surface area contributed by atoms with E-state index >= 15 is 0 Å². The number of nitrogens with zero attached hydrogens (tertiary/aromatic N) is 3. The molecular formula is C21H30FN3O4. The Morgan fingerprint density at radius 1 is 1.10 bits per heavy atom. The normalized spacial score (nSPS) is 24.3. The van der Waals surface area contributed by atoms with Gasteiger partial charge in [-0.3, -0.25) is 14.5 Å². The summed E-state index contributed by atoms with van der Waals surface area (Å²) in [7, 11) is 0. The molecular weight excluding hydrogens is 377 g/mol. The molecule has 2 aliphatic heterocycles. The SMILES string of the molecule is CC(=O)N1CCC(N2CCN(C(C)=O)C[C@@](O)(COc3cccc(F)c3)C2)CC1. The van der Waals surface area contributed by atoms with Gasteiger partial charge in [0.1, 0.15) is 23.8 Å². The molecule has 0 spiro atoms. The van der Waals surface area contributed by atoms with E-state index in [1.54, 1.807) is 24.0 Å². The van der Waals surface area contributed by atoms with Crippen molar-refractivity contribution in [3.63, 3.8) is 0 Å². The molecule has 160 valence electrons. The molecule has 29 heavy (non-hydrogen) atoms. The van der Waals surface area contributed by atoms with E-state index in [1.165, 1.54) is 19.1 Å². The van der Waals surface area contributed by atoms with Crippen molar-refractivity contribution in [1.82, 2.24) is 14.7 Å². The summed E-state index contributed by atoms with van der Waals surface area (Å²) in [6.45, 7) is 6.15. The second-order valence-electron chi connectivity index (χ2n) is 8.12. The second kappa shape index (κ2) is 9.09. The predicted molar refractivity (Wildman–Crippen MR) is 106 cm³/mol. The number of carbonyl (C=O) groups excluding carboxylic acids is 2. The van der Waals surface area contributed by atoms with E-state index in [1.807, 2.05) is 4.90 Å². The van der Waals surface area contributed by atoms with Gasteiger partial charge in [0.05, 0.1) is 6.54 Å². The monoisotopic (exact) mass is 407 g/mol. The molecule has 0 saturated carbocycles. The largest absolute Gasteiger partial charge is 0.490 e. The molecule has 1 aromatic rings. The molecule has 0 aromatic heterocycles. The van der Waals surface area contributed by atoms with Crippen LogP contribution in [-0.4, -0.2) is 89.1 Å². The number of halogens is 1. The van der Waals surface area contributed by atoms with Gasteiger partial charge in [0.2, 0.25) is 11.8 Å². The Kier molecular flexibility index (Phi) is 6.74. The highest BCUT2D eigenvalue weighted by Crippen LogP contribution is 2.24. The molecule has 3 rings (SSSR count). The number of amides is 2. The third-order valence-electron chi connectivity index (χ3n) is 5.81. The highest BCUT2D eigenvalue weighted by Gasteiger charge is 2.39. The lowest BCUT2D eigenvalue weighted by Crippen LogP contribution is -2.54. The van der Waals surface area contributed by atoms with E-state index < -0.39 is 11.4 Å². The van der Waals surface area contributed by atoms with E-state index in [2.05, 4.69) is 4.90 Å². The fourth-order valence-electron chi connectivity index (χ4n) is 4.18. The van der Waals surface area contributed by atoms with E-state index in [-0.39, 0.29) is 31.0 Å². The van der Waals surface area contributed by atoms with Crippen molar-refractivity contribution >= 4 is 11.8 Å². The number of carbonyl (C=O) groups is 2. The fourth-order valence-corrected chi connectivity index (χ4v) is 4.18. The quantitative estimate of drug-likeness (QED) is 0.810. The topological polar surface area (TPSA) is 73.3 Å². The van der Waals surface area contributed by atoms with Crippen LogP contribution in [0.15, 0.2) is 24.3 Å². The summed E-state index contributed by atoms with van der Waals surface area (Å²) in [5, 5.41) is 11.3. The molecule has 2 amide bonds. The number of rotatable bonds is 4. The van der Waals surface area contributed by atoms with Crippen LogP contribution in [0.5, 0.6) is 5.75 Å². The van der Waals surface area contributed by atoms with Crippen LogP contribution in [-0.2, 0) is 9.59 Å². The van der Waals surface area contributed by atoms with Crippen LogP contribution in [0.2, 0.25) is 0 Å². The number of benzene rings is 1. The van der Waals surface area contributed by atoms with Gasteiger partial charge in [-0.1, -0.05) is 6.07 Å². The highest BCUT2D eigenvalue weighted by atomic mass is 19.1. The maximum Gasteiger partial charge on any atom is 0.219 e. The van der Waals surface area contributed by atoms with Crippen LogP contribution in [0.25, 0.3) is 0 Å². The molecule has 2 fully saturated rings. The van der Waals surface area contributed by atoms with E-state index in [0.29, 0.717) is 38.5 Å². The van der Waals surface area contributed by atoms with Crippen molar-refractivity contribution in [2.75, 3.05) is 45.9 Å². The summed E-state index contributed by atoms with van der Waals surface area (Å²) in [5.74, 6) is -0.0672.